The number of hydrogen-bond acceptors (Lipinski definition) is 7. The summed E-state index contributed by atoms with van der Waals surface area (Å²) < 4.78 is 12.3. The normalized spacial score (nSPS) is 51.9. The molecule has 0 bridgehead atoms. The molecule has 0 aromatic heterocycles. The number of aliphatic carboxylic acids is 2. The zero-order valence-electron chi connectivity index (χ0n) is 28.2. The fourth-order valence-electron chi connectivity index (χ4n) is 12.3. The zero-order chi connectivity index (χ0) is 33.1. The van der Waals surface area contributed by atoms with E-state index in [4.69, 9.17) is 9.47 Å². The molecule has 0 spiro atoms. The molecule has 1 aliphatic heterocycles. The first-order valence-corrected chi connectivity index (χ1v) is 17.3. The number of hydrogen-bond donors (Lipinski definition) is 5. The van der Waals surface area contributed by atoms with Crippen LogP contribution in [-0.2, 0) is 19.1 Å². The largest absolute Gasteiger partial charge is 0.481 e. The average Bonchev–Trinajstić information content (AvgIpc) is 2.95. The van der Waals surface area contributed by atoms with Crippen LogP contribution in [0.2, 0.25) is 0 Å². The summed E-state index contributed by atoms with van der Waals surface area (Å²) >= 11 is 0. The Morgan fingerprint density at radius 2 is 1.49 bits per heavy atom. The minimum atomic E-state index is -1.36. The fraction of sp³-hybridized carbons (Fsp3) is 0.889. The van der Waals surface area contributed by atoms with Crippen molar-refractivity contribution in [2.24, 2.45) is 50.2 Å². The molecule has 5 aliphatic carbocycles. The lowest BCUT2D eigenvalue weighted by molar-refractivity contribution is -0.324. The number of rotatable bonds is 4. The number of fused-ring (bicyclic) bond motifs is 7. The number of carboxylic acids is 2. The quantitative estimate of drug-likeness (QED) is 0.209. The Bertz CT molecular complexity index is 1260. The Labute approximate surface area is 267 Å². The summed E-state index contributed by atoms with van der Waals surface area (Å²) in [7, 11) is 0. The predicted octanol–water partition coefficient (Wildman–Crippen LogP) is 5.15. The van der Waals surface area contributed by atoms with Crippen molar-refractivity contribution in [3.8, 4) is 0 Å². The molecule has 13 atom stereocenters. The third-order valence-electron chi connectivity index (χ3n) is 14.9. The first kappa shape index (κ1) is 33.4. The average molecular weight is 633 g/mol. The highest BCUT2D eigenvalue weighted by atomic mass is 16.7. The predicted molar refractivity (Wildman–Crippen MR) is 166 cm³/mol. The highest BCUT2D eigenvalue weighted by Crippen LogP contribution is 2.76. The third kappa shape index (κ3) is 4.42. The van der Waals surface area contributed by atoms with Crippen molar-refractivity contribution < 1.29 is 44.6 Å². The van der Waals surface area contributed by atoms with E-state index in [1.165, 1.54) is 0 Å². The number of carboxylic acid groups (broad SMARTS) is 2. The maximum absolute atomic E-state index is 13.8. The Morgan fingerprint density at radius 1 is 0.822 bits per heavy atom. The van der Waals surface area contributed by atoms with Crippen molar-refractivity contribution in [2.45, 2.75) is 149 Å². The summed E-state index contributed by atoms with van der Waals surface area (Å²) in [5, 5.41) is 53.2. The second kappa shape index (κ2) is 10.5. The molecule has 6 rings (SSSR count). The Kier molecular flexibility index (Phi) is 7.78. The standard InChI is InChI=1S/C36H56O9/c1-19-25(37)26(38)27(39)28(44-19)45-24-11-12-33(6)22(32(24,4)5)10-13-34(7)23(33)9-8-20-21-18-31(2,3)14-15-35(21,29(40)41)16-17-36(20,34)30(42)43/h8,19,21-28,37-39H,9-18H2,1-7H3,(H,40,41)(H,42,43). The van der Waals surface area contributed by atoms with Crippen molar-refractivity contribution in [1.29, 1.82) is 0 Å². The van der Waals surface area contributed by atoms with Gasteiger partial charge in [0.05, 0.1) is 23.0 Å². The molecule has 1 heterocycles. The van der Waals surface area contributed by atoms with Gasteiger partial charge in [0.15, 0.2) is 6.29 Å². The van der Waals surface area contributed by atoms with Crippen molar-refractivity contribution in [1.82, 2.24) is 0 Å². The number of aliphatic hydroxyl groups excluding tert-OH is 3. The molecular formula is C36H56O9. The lowest BCUT2D eigenvalue weighted by Gasteiger charge is -2.70. The van der Waals surface area contributed by atoms with Gasteiger partial charge in [-0.05, 0) is 111 Å². The molecule has 254 valence electrons. The Morgan fingerprint density at radius 3 is 2.13 bits per heavy atom. The van der Waals surface area contributed by atoms with E-state index in [0.29, 0.717) is 32.1 Å². The van der Waals surface area contributed by atoms with Gasteiger partial charge in [0.2, 0.25) is 0 Å². The van der Waals surface area contributed by atoms with Crippen LogP contribution in [0.15, 0.2) is 11.6 Å². The SMILES string of the molecule is CC1OC(OC2CCC3(C)C(CCC4(C)C3CC=C3C5CC(C)(C)CCC5(C(=O)O)CCC34C(=O)O)C2(C)C)C(O)C(O)C1O. The van der Waals surface area contributed by atoms with Gasteiger partial charge >= 0.3 is 11.9 Å². The van der Waals surface area contributed by atoms with Crippen LogP contribution >= 0.6 is 0 Å². The van der Waals surface area contributed by atoms with Gasteiger partial charge in [-0.15, -0.1) is 0 Å². The van der Waals surface area contributed by atoms with Crippen molar-refractivity contribution in [2.75, 3.05) is 0 Å². The van der Waals surface area contributed by atoms with Crippen LogP contribution in [0.1, 0.15) is 113 Å². The molecular weight excluding hydrogens is 576 g/mol. The lowest BCUT2D eigenvalue weighted by Crippen LogP contribution is -2.68. The summed E-state index contributed by atoms with van der Waals surface area (Å²) in [6, 6.07) is 0. The van der Waals surface area contributed by atoms with Crippen molar-refractivity contribution >= 4 is 11.9 Å². The molecule has 0 aromatic rings. The third-order valence-corrected chi connectivity index (χ3v) is 14.9. The van der Waals surface area contributed by atoms with E-state index in [-0.39, 0.29) is 40.1 Å². The summed E-state index contributed by atoms with van der Waals surface area (Å²) in [6.45, 7) is 15.0. The van der Waals surface area contributed by atoms with Gasteiger partial charge in [0.1, 0.15) is 18.3 Å². The van der Waals surface area contributed by atoms with Gasteiger partial charge in [-0.1, -0.05) is 53.2 Å². The van der Waals surface area contributed by atoms with Crippen molar-refractivity contribution in [3.63, 3.8) is 0 Å². The van der Waals surface area contributed by atoms with Gasteiger partial charge < -0.3 is 35.0 Å². The summed E-state index contributed by atoms with van der Waals surface area (Å²) in [6.07, 6.45) is 3.02. The van der Waals surface area contributed by atoms with Gasteiger partial charge in [0, 0.05) is 0 Å². The number of ether oxygens (including phenoxy) is 2. The second-order valence-corrected chi connectivity index (χ2v) is 17.7. The molecule has 9 heteroatoms. The van der Waals surface area contributed by atoms with Crippen molar-refractivity contribution in [3.05, 3.63) is 11.6 Å². The van der Waals surface area contributed by atoms with Crippen LogP contribution in [-0.4, -0.2) is 74.3 Å². The number of aliphatic hydroxyl groups is 3. The van der Waals surface area contributed by atoms with Crippen LogP contribution in [0.5, 0.6) is 0 Å². The van der Waals surface area contributed by atoms with E-state index in [9.17, 15) is 35.1 Å². The molecule has 0 radical (unpaired) electrons. The van der Waals surface area contributed by atoms with Gasteiger partial charge in [-0.3, -0.25) is 9.59 Å². The van der Waals surface area contributed by atoms with Gasteiger partial charge in [-0.2, -0.15) is 0 Å². The molecule has 13 unspecified atom stereocenters. The minimum absolute atomic E-state index is 0.0443. The topological polar surface area (TPSA) is 154 Å². The summed E-state index contributed by atoms with van der Waals surface area (Å²) in [5.41, 5.74) is -2.17. The monoisotopic (exact) mass is 632 g/mol. The highest BCUT2D eigenvalue weighted by Gasteiger charge is 2.73. The molecule has 0 aromatic carbocycles. The second-order valence-electron chi connectivity index (χ2n) is 17.7. The molecule has 9 nitrogen and oxygen atoms in total. The van der Waals surface area contributed by atoms with E-state index < -0.39 is 58.9 Å². The van der Waals surface area contributed by atoms with E-state index in [1.54, 1.807) is 6.92 Å². The summed E-state index contributed by atoms with van der Waals surface area (Å²) in [5.74, 6) is -1.52. The van der Waals surface area contributed by atoms with Crippen LogP contribution in [0.25, 0.3) is 0 Å². The minimum Gasteiger partial charge on any atom is -0.481 e. The van der Waals surface area contributed by atoms with E-state index in [1.807, 2.05) is 0 Å². The number of carbonyl (C=O) groups is 2. The molecule has 5 N–H and O–H groups in total. The van der Waals surface area contributed by atoms with Crippen LogP contribution in [0.4, 0.5) is 0 Å². The lowest BCUT2D eigenvalue weighted by atomic mass is 9.33. The summed E-state index contributed by atoms with van der Waals surface area (Å²) in [4.78, 5) is 26.7. The molecule has 5 fully saturated rings. The molecule has 45 heavy (non-hydrogen) atoms. The van der Waals surface area contributed by atoms with Crippen LogP contribution in [0.3, 0.4) is 0 Å². The maximum Gasteiger partial charge on any atom is 0.314 e. The van der Waals surface area contributed by atoms with E-state index in [0.717, 1.165) is 37.7 Å². The van der Waals surface area contributed by atoms with Crippen LogP contribution < -0.4 is 0 Å². The molecule has 1 saturated heterocycles. The molecule has 4 saturated carbocycles. The molecule has 0 amide bonds. The Balaban J connectivity index is 1.35. The zero-order valence-corrected chi connectivity index (χ0v) is 28.2. The fourth-order valence-corrected chi connectivity index (χ4v) is 12.3. The Hall–Kier alpha value is -1.52. The van der Waals surface area contributed by atoms with E-state index in [2.05, 4.69) is 47.6 Å². The number of allylic oxidation sites excluding steroid dienone is 1. The van der Waals surface area contributed by atoms with Gasteiger partial charge in [-0.25, -0.2) is 0 Å². The van der Waals surface area contributed by atoms with Crippen LogP contribution in [0, 0.1) is 50.2 Å². The smallest absolute Gasteiger partial charge is 0.314 e. The highest BCUT2D eigenvalue weighted by molar-refractivity contribution is 5.84. The first-order chi connectivity index (χ1) is 20.8. The maximum atomic E-state index is 13.8. The molecule has 6 aliphatic rings. The first-order valence-electron chi connectivity index (χ1n) is 17.3. The van der Waals surface area contributed by atoms with Gasteiger partial charge in [0.25, 0.3) is 0 Å². The van der Waals surface area contributed by atoms with E-state index >= 15 is 0 Å².